The van der Waals surface area contributed by atoms with E-state index < -0.39 is 15.9 Å². The normalized spacial score (nSPS) is 14.9. The molecule has 1 atom stereocenters. The highest BCUT2D eigenvalue weighted by Crippen LogP contribution is 2.44. The van der Waals surface area contributed by atoms with Gasteiger partial charge in [0.15, 0.2) is 0 Å². The van der Waals surface area contributed by atoms with Gasteiger partial charge in [-0.3, -0.25) is 0 Å². The minimum Gasteiger partial charge on any atom is -0.374 e. The molecular formula is C11H27O4PSi. The van der Waals surface area contributed by atoms with E-state index in [1.807, 2.05) is 20.8 Å². The first kappa shape index (κ1) is 17.3. The van der Waals surface area contributed by atoms with Gasteiger partial charge < -0.3 is 17.8 Å². The molecule has 0 N–H and O–H groups in total. The van der Waals surface area contributed by atoms with Crippen molar-refractivity contribution in [3.8, 4) is 0 Å². The molecule has 0 aliphatic rings. The maximum absolute atomic E-state index is 12.0. The molecular weight excluding hydrogens is 255 g/mol. The van der Waals surface area contributed by atoms with E-state index in [0.29, 0.717) is 13.2 Å². The second kappa shape index (κ2) is 7.69. The van der Waals surface area contributed by atoms with Crippen molar-refractivity contribution in [2.24, 2.45) is 0 Å². The zero-order valence-electron chi connectivity index (χ0n) is 12.0. The molecule has 0 aliphatic heterocycles. The van der Waals surface area contributed by atoms with Crippen LogP contribution in [0.5, 0.6) is 0 Å². The van der Waals surface area contributed by atoms with Crippen LogP contribution in [0.3, 0.4) is 0 Å². The maximum atomic E-state index is 12.0. The first-order chi connectivity index (χ1) is 7.81. The Morgan fingerprint density at radius 2 is 1.59 bits per heavy atom. The summed E-state index contributed by atoms with van der Waals surface area (Å²) in [6.07, 6.45) is 0.941. The third-order valence-corrected chi connectivity index (χ3v) is 7.85. The Kier molecular flexibility index (Phi) is 7.84. The van der Waals surface area contributed by atoms with Gasteiger partial charge in [0.25, 0.3) is 0 Å². The largest absolute Gasteiger partial charge is 0.501 e. The third kappa shape index (κ3) is 6.16. The molecule has 0 aliphatic carbocycles. The van der Waals surface area contributed by atoms with Gasteiger partial charge in [0.05, 0.1) is 5.85 Å². The molecule has 0 aromatic carbocycles. The number of hydrogen-bond acceptors (Lipinski definition) is 4. The Hall–Kier alpha value is 0.327. The number of hydrogen-bond donors (Lipinski definition) is 0. The lowest BCUT2D eigenvalue weighted by molar-refractivity contribution is 0.0597. The number of rotatable bonds is 9. The predicted octanol–water partition coefficient (Wildman–Crippen LogP) is 3.39. The molecule has 1 unspecified atom stereocenters. The summed E-state index contributed by atoms with van der Waals surface area (Å²) >= 11 is 0. The lowest BCUT2D eigenvalue weighted by atomic mass is 10.6. The lowest BCUT2D eigenvalue weighted by Gasteiger charge is -2.32. The van der Waals surface area contributed by atoms with E-state index in [2.05, 4.69) is 6.92 Å². The van der Waals surface area contributed by atoms with Gasteiger partial charge in [-0.15, -0.1) is 0 Å². The summed E-state index contributed by atoms with van der Waals surface area (Å²) in [5, 5.41) is 0. The molecule has 0 aromatic heterocycles. The van der Waals surface area contributed by atoms with Crippen molar-refractivity contribution in [2.45, 2.75) is 46.0 Å². The van der Waals surface area contributed by atoms with E-state index in [1.165, 1.54) is 0 Å². The SMILES string of the molecule is CCC[Si](OCC)(OCC)OC(C)P(C)(C)=O. The topological polar surface area (TPSA) is 44.8 Å². The van der Waals surface area contributed by atoms with Crippen LogP contribution in [0.25, 0.3) is 0 Å². The van der Waals surface area contributed by atoms with E-state index in [1.54, 1.807) is 13.3 Å². The minimum absolute atomic E-state index is 0.307. The highest BCUT2D eigenvalue weighted by atomic mass is 31.2. The van der Waals surface area contributed by atoms with Crippen molar-refractivity contribution in [1.82, 2.24) is 0 Å². The van der Waals surface area contributed by atoms with Crippen LogP contribution in [0.2, 0.25) is 6.04 Å². The van der Waals surface area contributed by atoms with Gasteiger partial charge >= 0.3 is 8.80 Å². The summed E-state index contributed by atoms with van der Waals surface area (Å²) in [7, 11) is -4.91. The molecule has 4 nitrogen and oxygen atoms in total. The Bertz CT molecular complexity index is 237. The Balaban J connectivity index is 4.81. The average Bonchev–Trinajstić information content (AvgIpc) is 2.17. The van der Waals surface area contributed by atoms with Crippen molar-refractivity contribution in [3.05, 3.63) is 0 Å². The van der Waals surface area contributed by atoms with Crippen LogP contribution >= 0.6 is 7.14 Å². The molecule has 0 aromatic rings. The van der Waals surface area contributed by atoms with Crippen LogP contribution in [0.15, 0.2) is 0 Å². The van der Waals surface area contributed by atoms with Crippen molar-refractivity contribution in [3.63, 3.8) is 0 Å². The molecule has 0 heterocycles. The van der Waals surface area contributed by atoms with Crippen LogP contribution in [0, 0.1) is 0 Å². The quantitative estimate of drug-likeness (QED) is 0.480. The summed E-state index contributed by atoms with van der Waals surface area (Å²) in [4.78, 5) is 0. The summed E-state index contributed by atoms with van der Waals surface area (Å²) in [5.74, 6) is -0.307. The van der Waals surface area contributed by atoms with Crippen LogP contribution in [-0.4, -0.2) is 41.2 Å². The lowest BCUT2D eigenvalue weighted by Crippen LogP contribution is -2.47. The predicted molar refractivity (Wildman–Crippen MR) is 74.1 cm³/mol. The fourth-order valence-corrected chi connectivity index (χ4v) is 5.58. The van der Waals surface area contributed by atoms with Crippen molar-refractivity contribution in [2.75, 3.05) is 26.5 Å². The Morgan fingerprint density at radius 1 is 1.12 bits per heavy atom. The standard InChI is InChI=1S/C11H27O4PSi/c1-7-10-17(13-8-2,14-9-3)15-11(4)16(5,6)12/h11H,7-10H2,1-6H3. The zero-order chi connectivity index (χ0) is 13.5. The third-order valence-electron chi connectivity index (χ3n) is 2.51. The molecule has 0 saturated heterocycles. The fourth-order valence-electron chi connectivity index (χ4n) is 1.45. The van der Waals surface area contributed by atoms with Crippen LogP contribution < -0.4 is 0 Å². The molecule has 0 bridgehead atoms. The van der Waals surface area contributed by atoms with E-state index in [0.717, 1.165) is 12.5 Å². The van der Waals surface area contributed by atoms with Crippen molar-refractivity contribution in [1.29, 1.82) is 0 Å². The molecule has 0 radical (unpaired) electrons. The molecule has 6 heteroatoms. The summed E-state index contributed by atoms with van der Waals surface area (Å²) in [6, 6.07) is 0.777. The van der Waals surface area contributed by atoms with Gasteiger partial charge in [-0.25, -0.2) is 0 Å². The first-order valence-electron chi connectivity index (χ1n) is 6.31. The van der Waals surface area contributed by atoms with E-state index in [4.69, 9.17) is 13.3 Å². The monoisotopic (exact) mass is 282 g/mol. The van der Waals surface area contributed by atoms with E-state index in [9.17, 15) is 4.57 Å². The molecule has 0 fully saturated rings. The van der Waals surface area contributed by atoms with Crippen LogP contribution in [-0.2, 0) is 17.8 Å². The maximum Gasteiger partial charge on any atom is 0.501 e. The van der Waals surface area contributed by atoms with Crippen LogP contribution in [0.4, 0.5) is 0 Å². The van der Waals surface area contributed by atoms with Crippen LogP contribution in [0.1, 0.15) is 34.1 Å². The highest BCUT2D eigenvalue weighted by molar-refractivity contribution is 7.62. The Labute approximate surface area is 107 Å². The van der Waals surface area contributed by atoms with Crippen molar-refractivity contribution < 1.29 is 17.8 Å². The molecule has 0 rings (SSSR count). The van der Waals surface area contributed by atoms with E-state index >= 15 is 0 Å². The van der Waals surface area contributed by atoms with Gasteiger partial charge in [0, 0.05) is 19.3 Å². The van der Waals surface area contributed by atoms with Gasteiger partial charge in [-0.1, -0.05) is 13.3 Å². The molecule has 0 saturated carbocycles. The molecule has 17 heavy (non-hydrogen) atoms. The molecule has 104 valence electrons. The van der Waals surface area contributed by atoms with Crippen molar-refractivity contribution >= 4 is 15.9 Å². The van der Waals surface area contributed by atoms with Gasteiger partial charge in [-0.2, -0.15) is 0 Å². The first-order valence-corrected chi connectivity index (χ1v) is 10.9. The zero-order valence-corrected chi connectivity index (χ0v) is 13.9. The second-order valence-corrected chi connectivity index (χ2v) is 10.7. The molecule has 0 amide bonds. The fraction of sp³-hybridized carbons (Fsp3) is 1.00. The van der Waals surface area contributed by atoms with E-state index in [-0.39, 0.29) is 5.85 Å². The van der Waals surface area contributed by atoms with Gasteiger partial charge in [-0.05, 0) is 34.1 Å². The second-order valence-electron chi connectivity index (χ2n) is 4.45. The summed E-state index contributed by atoms with van der Waals surface area (Å²) in [5.41, 5.74) is 0. The molecule has 0 spiro atoms. The minimum atomic E-state index is -2.64. The summed E-state index contributed by atoms with van der Waals surface area (Å²) in [6.45, 7) is 12.4. The Morgan fingerprint density at radius 3 is 1.88 bits per heavy atom. The summed E-state index contributed by atoms with van der Waals surface area (Å²) < 4.78 is 29.4. The smallest absolute Gasteiger partial charge is 0.374 e. The van der Waals surface area contributed by atoms with Gasteiger partial charge in [0.1, 0.15) is 7.14 Å². The van der Waals surface area contributed by atoms with Gasteiger partial charge in [0.2, 0.25) is 0 Å². The highest BCUT2D eigenvalue weighted by Gasteiger charge is 2.43. The average molecular weight is 282 g/mol.